The van der Waals surface area contributed by atoms with E-state index >= 15 is 0 Å². The summed E-state index contributed by atoms with van der Waals surface area (Å²) in [5, 5.41) is 9.34. The largest absolute Gasteiger partial charge is 0.479 e. The average molecular weight is 279 g/mol. The van der Waals surface area contributed by atoms with E-state index in [1.165, 1.54) is 24.3 Å². The van der Waals surface area contributed by atoms with Crippen molar-refractivity contribution in [1.82, 2.24) is 4.90 Å². The van der Waals surface area contributed by atoms with Gasteiger partial charge in [-0.1, -0.05) is 18.7 Å². The number of ether oxygens (including phenoxy) is 1. The minimum Gasteiger partial charge on any atom is -0.479 e. The fourth-order valence-corrected chi connectivity index (χ4v) is 2.27. The molecule has 0 unspecified atom stereocenters. The molecule has 2 rings (SSSR count). The van der Waals surface area contributed by atoms with Crippen molar-refractivity contribution in [2.45, 2.75) is 12.5 Å². The van der Waals surface area contributed by atoms with E-state index in [-0.39, 0.29) is 13.2 Å². The summed E-state index contributed by atoms with van der Waals surface area (Å²) >= 11 is 0. The van der Waals surface area contributed by atoms with Gasteiger partial charge in [0.1, 0.15) is 12.4 Å². The van der Waals surface area contributed by atoms with E-state index in [1.807, 2.05) is 0 Å². The number of aliphatic carboxylic acids is 1. The lowest BCUT2D eigenvalue weighted by Gasteiger charge is -2.33. The van der Waals surface area contributed by atoms with Gasteiger partial charge in [0.15, 0.2) is 6.04 Å². The molecule has 106 valence electrons. The molecule has 1 N–H and O–H groups in total. The number of hydrogen-bond donors (Lipinski definition) is 1. The molecule has 0 radical (unpaired) electrons. The van der Waals surface area contributed by atoms with Crippen LogP contribution in [0.5, 0.6) is 0 Å². The van der Waals surface area contributed by atoms with E-state index < -0.39 is 23.9 Å². The molecule has 1 amide bonds. The number of carboxylic acids is 1. The summed E-state index contributed by atoms with van der Waals surface area (Å²) in [6.07, 6.45) is 1.08. The van der Waals surface area contributed by atoms with E-state index in [4.69, 9.17) is 4.74 Å². The Hall–Kier alpha value is -2.37. The quantitative estimate of drug-likeness (QED) is 0.861. The molecule has 1 atom stereocenters. The van der Waals surface area contributed by atoms with Crippen LogP contribution in [-0.2, 0) is 16.0 Å². The van der Waals surface area contributed by atoms with Crippen LogP contribution >= 0.6 is 0 Å². The van der Waals surface area contributed by atoms with Gasteiger partial charge in [0.2, 0.25) is 0 Å². The summed E-state index contributed by atoms with van der Waals surface area (Å²) in [6.45, 7) is 3.61. The van der Waals surface area contributed by atoms with Crippen LogP contribution in [0.3, 0.4) is 0 Å². The second kappa shape index (κ2) is 5.73. The SMILES string of the molecule is C=CCOC(=O)N1CCc2cc(F)ccc2[C@@H]1C(=O)O. The van der Waals surface area contributed by atoms with Crippen molar-refractivity contribution in [3.8, 4) is 0 Å². The Labute approximate surface area is 115 Å². The van der Waals surface area contributed by atoms with Crippen molar-refractivity contribution in [1.29, 1.82) is 0 Å². The Morgan fingerprint density at radius 1 is 1.55 bits per heavy atom. The lowest BCUT2D eigenvalue weighted by atomic mass is 9.93. The summed E-state index contributed by atoms with van der Waals surface area (Å²) in [4.78, 5) is 24.4. The third-order valence-electron chi connectivity index (χ3n) is 3.13. The number of carbonyl (C=O) groups is 2. The summed E-state index contributed by atoms with van der Waals surface area (Å²) in [5.41, 5.74) is 1.02. The molecule has 1 aliphatic heterocycles. The molecule has 5 nitrogen and oxygen atoms in total. The minimum absolute atomic E-state index is 0.0119. The molecular formula is C14H14FNO4. The van der Waals surface area contributed by atoms with Crippen molar-refractivity contribution in [3.05, 3.63) is 47.8 Å². The average Bonchev–Trinajstić information content (AvgIpc) is 2.42. The van der Waals surface area contributed by atoms with Crippen molar-refractivity contribution in [2.24, 2.45) is 0 Å². The first-order chi connectivity index (χ1) is 9.54. The maximum Gasteiger partial charge on any atom is 0.411 e. The molecule has 1 aliphatic rings. The molecule has 0 bridgehead atoms. The summed E-state index contributed by atoms with van der Waals surface area (Å²) in [6, 6.07) is 2.73. The summed E-state index contributed by atoms with van der Waals surface area (Å²) < 4.78 is 18.1. The molecule has 0 saturated heterocycles. The van der Waals surface area contributed by atoms with Crippen molar-refractivity contribution >= 4 is 12.1 Å². The molecule has 6 heteroatoms. The van der Waals surface area contributed by atoms with E-state index in [0.717, 1.165) is 4.90 Å². The van der Waals surface area contributed by atoms with Crippen LogP contribution < -0.4 is 0 Å². The van der Waals surface area contributed by atoms with E-state index in [2.05, 4.69) is 6.58 Å². The maximum atomic E-state index is 13.2. The summed E-state index contributed by atoms with van der Waals surface area (Å²) in [5.74, 6) is -1.59. The van der Waals surface area contributed by atoms with E-state index in [9.17, 15) is 19.1 Å². The maximum absolute atomic E-state index is 13.2. The predicted octanol–water partition coefficient (Wildman–Crippen LogP) is 2.13. The minimum atomic E-state index is -1.17. The Morgan fingerprint density at radius 3 is 2.95 bits per heavy atom. The van der Waals surface area contributed by atoms with Crippen LogP contribution in [-0.4, -0.2) is 35.2 Å². The van der Waals surface area contributed by atoms with E-state index in [0.29, 0.717) is 17.5 Å². The molecule has 1 heterocycles. The molecule has 0 fully saturated rings. The Balaban J connectivity index is 2.33. The number of nitrogens with zero attached hydrogens (tertiary/aromatic N) is 1. The summed E-state index contributed by atoms with van der Waals surface area (Å²) in [7, 11) is 0. The number of benzene rings is 1. The van der Waals surface area contributed by atoms with Crippen molar-refractivity contribution < 1.29 is 23.8 Å². The number of halogens is 1. The lowest BCUT2D eigenvalue weighted by molar-refractivity contribution is -0.143. The molecular weight excluding hydrogens is 265 g/mol. The number of amides is 1. The van der Waals surface area contributed by atoms with Gasteiger partial charge in [-0.2, -0.15) is 0 Å². The highest BCUT2D eigenvalue weighted by Crippen LogP contribution is 2.31. The number of fused-ring (bicyclic) bond motifs is 1. The molecule has 1 aromatic rings. The Morgan fingerprint density at radius 2 is 2.30 bits per heavy atom. The monoisotopic (exact) mass is 279 g/mol. The molecule has 0 aliphatic carbocycles. The first-order valence-corrected chi connectivity index (χ1v) is 6.10. The zero-order valence-electron chi connectivity index (χ0n) is 10.7. The van der Waals surface area contributed by atoms with Crippen LogP contribution in [0, 0.1) is 5.82 Å². The molecule has 0 spiro atoms. The van der Waals surface area contributed by atoms with Crippen molar-refractivity contribution in [3.63, 3.8) is 0 Å². The number of carboxylic acid groups (broad SMARTS) is 1. The zero-order valence-corrected chi connectivity index (χ0v) is 10.7. The third kappa shape index (κ3) is 2.64. The second-order valence-corrected chi connectivity index (χ2v) is 4.39. The number of carbonyl (C=O) groups excluding carboxylic acids is 1. The number of rotatable bonds is 3. The van der Waals surface area contributed by atoms with Crippen LogP contribution in [0.1, 0.15) is 17.2 Å². The van der Waals surface area contributed by atoms with Gasteiger partial charge in [0, 0.05) is 6.54 Å². The van der Waals surface area contributed by atoms with Crippen LogP contribution in [0.2, 0.25) is 0 Å². The van der Waals surface area contributed by atoms with Crippen LogP contribution in [0.4, 0.5) is 9.18 Å². The van der Waals surface area contributed by atoms with Gasteiger partial charge >= 0.3 is 12.1 Å². The molecule has 20 heavy (non-hydrogen) atoms. The molecule has 0 saturated carbocycles. The predicted molar refractivity (Wildman–Crippen MR) is 68.7 cm³/mol. The zero-order chi connectivity index (χ0) is 14.7. The fraction of sp³-hybridized carbons (Fsp3) is 0.286. The Kier molecular flexibility index (Phi) is 4.02. The molecule has 1 aromatic carbocycles. The van der Waals surface area contributed by atoms with Gasteiger partial charge in [-0.15, -0.1) is 0 Å². The lowest BCUT2D eigenvalue weighted by Crippen LogP contribution is -2.43. The highest BCUT2D eigenvalue weighted by atomic mass is 19.1. The van der Waals surface area contributed by atoms with Crippen LogP contribution in [0.15, 0.2) is 30.9 Å². The fourth-order valence-electron chi connectivity index (χ4n) is 2.27. The topological polar surface area (TPSA) is 66.8 Å². The van der Waals surface area contributed by atoms with Gasteiger partial charge in [-0.25, -0.2) is 14.0 Å². The Bertz CT molecular complexity index is 558. The number of hydrogen-bond acceptors (Lipinski definition) is 3. The van der Waals surface area contributed by atoms with Gasteiger partial charge in [0.25, 0.3) is 0 Å². The van der Waals surface area contributed by atoms with E-state index in [1.54, 1.807) is 0 Å². The first-order valence-electron chi connectivity index (χ1n) is 6.10. The highest BCUT2D eigenvalue weighted by molar-refractivity contribution is 5.82. The van der Waals surface area contributed by atoms with Crippen LogP contribution in [0.25, 0.3) is 0 Å². The highest BCUT2D eigenvalue weighted by Gasteiger charge is 2.36. The normalized spacial score (nSPS) is 17.2. The molecule has 0 aromatic heterocycles. The van der Waals surface area contributed by atoms with Crippen molar-refractivity contribution in [2.75, 3.05) is 13.2 Å². The van der Waals surface area contributed by atoms with Gasteiger partial charge in [-0.3, -0.25) is 4.90 Å². The first kappa shape index (κ1) is 14.0. The third-order valence-corrected chi connectivity index (χ3v) is 3.13. The standard InChI is InChI=1S/C14H14FNO4/c1-2-7-20-14(19)16-6-5-9-8-10(15)3-4-11(9)12(16)13(17)18/h2-4,8,12H,1,5-7H2,(H,17,18)/t12-/m1/s1. The second-order valence-electron chi connectivity index (χ2n) is 4.39. The van der Waals surface area contributed by atoms with Gasteiger partial charge in [-0.05, 0) is 29.7 Å². The van der Waals surface area contributed by atoms with Gasteiger partial charge < -0.3 is 9.84 Å². The smallest absolute Gasteiger partial charge is 0.411 e. The van der Waals surface area contributed by atoms with Gasteiger partial charge in [0.05, 0.1) is 0 Å².